The summed E-state index contributed by atoms with van der Waals surface area (Å²) in [7, 11) is 2.02. The topological polar surface area (TPSA) is 12.0 Å². The SMILES string of the molecule is C=C/C=C(\SC)C(CCNC)Cc1cccc2ccccc12. The Morgan fingerprint density at radius 2 is 2.00 bits per heavy atom. The Morgan fingerprint density at radius 1 is 1.23 bits per heavy atom. The third-order valence-electron chi connectivity index (χ3n) is 4.01. The molecular formula is C20H25NS. The Labute approximate surface area is 138 Å². The van der Waals surface area contributed by atoms with Gasteiger partial charge in [-0.05, 0) is 59.8 Å². The number of fused-ring (bicyclic) bond motifs is 1. The van der Waals surface area contributed by atoms with Crippen molar-refractivity contribution in [1.29, 1.82) is 0 Å². The molecule has 22 heavy (non-hydrogen) atoms. The Kier molecular flexibility index (Phi) is 6.75. The van der Waals surface area contributed by atoms with Crippen LogP contribution in [0.3, 0.4) is 0 Å². The minimum absolute atomic E-state index is 0.534. The number of benzene rings is 2. The summed E-state index contributed by atoms with van der Waals surface area (Å²) >= 11 is 1.84. The summed E-state index contributed by atoms with van der Waals surface area (Å²) < 4.78 is 0. The van der Waals surface area contributed by atoms with Crippen molar-refractivity contribution in [3.8, 4) is 0 Å². The van der Waals surface area contributed by atoms with Gasteiger partial charge in [0, 0.05) is 0 Å². The molecule has 2 aromatic rings. The molecule has 1 nitrogen and oxygen atoms in total. The molecule has 1 N–H and O–H groups in total. The molecule has 0 aliphatic rings. The van der Waals surface area contributed by atoms with Gasteiger partial charge < -0.3 is 5.32 Å². The molecule has 1 unspecified atom stereocenters. The highest BCUT2D eigenvalue weighted by molar-refractivity contribution is 8.02. The highest BCUT2D eigenvalue weighted by atomic mass is 32.2. The monoisotopic (exact) mass is 311 g/mol. The van der Waals surface area contributed by atoms with Gasteiger partial charge in [0.2, 0.25) is 0 Å². The molecule has 2 heteroatoms. The molecule has 0 heterocycles. The third-order valence-corrected chi connectivity index (χ3v) is 4.95. The fourth-order valence-corrected chi connectivity index (χ4v) is 3.65. The zero-order valence-electron chi connectivity index (χ0n) is 13.5. The molecule has 0 saturated heterocycles. The standard InChI is InChI=1S/C20H25NS/c1-4-8-20(22-3)18(13-14-21-2)15-17-11-7-10-16-9-5-6-12-19(16)17/h4-12,18,21H,1,13-15H2,2-3H3/b20-8-. The second-order valence-electron chi connectivity index (χ2n) is 5.44. The van der Waals surface area contributed by atoms with Gasteiger partial charge in [-0.15, -0.1) is 11.8 Å². The minimum atomic E-state index is 0.534. The van der Waals surface area contributed by atoms with Crippen molar-refractivity contribution in [2.75, 3.05) is 19.8 Å². The van der Waals surface area contributed by atoms with Crippen LogP contribution < -0.4 is 5.32 Å². The molecule has 2 rings (SSSR count). The highest BCUT2D eigenvalue weighted by Crippen LogP contribution is 2.30. The van der Waals surface area contributed by atoms with Gasteiger partial charge in [0.25, 0.3) is 0 Å². The van der Waals surface area contributed by atoms with E-state index in [1.807, 2.05) is 24.9 Å². The van der Waals surface area contributed by atoms with E-state index in [4.69, 9.17) is 0 Å². The van der Waals surface area contributed by atoms with Gasteiger partial charge in [0.15, 0.2) is 0 Å². The van der Waals surface area contributed by atoms with Crippen molar-refractivity contribution >= 4 is 22.5 Å². The number of hydrogen-bond acceptors (Lipinski definition) is 2. The number of nitrogens with one attached hydrogen (secondary N) is 1. The first kappa shape index (κ1) is 16.9. The van der Waals surface area contributed by atoms with Crippen molar-refractivity contribution < 1.29 is 0 Å². The first-order chi connectivity index (χ1) is 10.8. The van der Waals surface area contributed by atoms with E-state index in [1.54, 1.807) is 0 Å². The van der Waals surface area contributed by atoms with Crippen LogP contribution in [0, 0.1) is 5.92 Å². The minimum Gasteiger partial charge on any atom is -0.320 e. The maximum atomic E-state index is 3.86. The van der Waals surface area contributed by atoms with Crippen LogP contribution in [0.25, 0.3) is 10.8 Å². The fourth-order valence-electron chi connectivity index (χ4n) is 2.89. The summed E-state index contributed by atoms with van der Waals surface area (Å²) in [6.07, 6.45) is 8.44. The van der Waals surface area contributed by atoms with E-state index in [-0.39, 0.29) is 0 Å². The number of allylic oxidation sites excluding steroid dienone is 3. The van der Waals surface area contributed by atoms with E-state index in [1.165, 1.54) is 21.2 Å². The van der Waals surface area contributed by atoms with Crippen LogP contribution in [0.4, 0.5) is 0 Å². The van der Waals surface area contributed by atoms with Gasteiger partial charge in [0.05, 0.1) is 0 Å². The zero-order chi connectivity index (χ0) is 15.8. The van der Waals surface area contributed by atoms with Gasteiger partial charge in [-0.25, -0.2) is 0 Å². The molecule has 0 fully saturated rings. The lowest BCUT2D eigenvalue weighted by Gasteiger charge is -2.20. The summed E-state index contributed by atoms with van der Waals surface area (Å²) in [6.45, 7) is 4.89. The summed E-state index contributed by atoms with van der Waals surface area (Å²) in [5.41, 5.74) is 1.43. The molecule has 0 saturated carbocycles. The lowest BCUT2D eigenvalue weighted by Crippen LogP contribution is -2.16. The number of rotatable bonds is 8. The maximum Gasteiger partial charge on any atom is -0.00458 e. The predicted molar refractivity (Wildman–Crippen MR) is 101 cm³/mol. The van der Waals surface area contributed by atoms with Gasteiger partial charge >= 0.3 is 0 Å². The molecule has 0 aliphatic heterocycles. The lowest BCUT2D eigenvalue weighted by atomic mass is 9.92. The first-order valence-corrected chi connectivity index (χ1v) is 9.00. The lowest BCUT2D eigenvalue weighted by molar-refractivity contribution is 0.559. The van der Waals surface area contributed by atoms with E-state index in [0.29, 0.717) is 5.92 Å². The van der Waals surface area contributed by atoms with Crippen molar-refractivity contribution in [2.24, 2.45) is 5.92 Å². The zero-order valence-corrected chi connectivity index (χ0v) is 14.3. The van der Waals surface area contributed by atoms with Gasteiger partial charge in [-0.2, -0.15) is 0 Å². The average molecular weight is 311 g/mol. The van der Waals surface area contributed by atoms with Crippen LogP contribution in [0.2, 0.25) is 0 Å². The quantitative estimate of drug-likeness (QED) is 0.685. The highest BCUT2D eigenvalue weighted by Gasteiger charge is 2.15. The molecule has 0 amide bonds. The summed E-state index contributed by atoms with van der Waals surface area (Å²) in [4.78, 5) is 1.41. The molecule has 116 valence electrons. The molecule has 0 aliphatic carbocycles. The van der Waals surface area contributed by atoms with Crippen LogP contribution in [-0.4, -0.2) is 19.8 Å². The van der Waals surface area contributed by atoms with Crippen molar-refractivity contribution in [2.45, 2.75) is 12.8 Å². The predicted octanol–water partition coefficient (Wildman–Crippen LogP) is 5.04. The molecular weight excluding hydrogens is 286 g/mol. The van der Waals surface area contributed by atoms with Crippen molar-refractivity contribution in [1.82, 2.24) is 5.32 Å². The van der Waals surface area contributed by atoms with E-state index < -0.39 is 0 Å². The second kappa shape index (κ2) is 8.82. The van der Waals surface area contributed by atoms with Crippen molar-refractivity contribution in [3.63, 3.8) is 0 Å². The Balaban J connectivity index is 2.32. The van der Waals surface area contributed by atoms with Crippen LogP contribution in [-0.2, 0) is 6.42 Å². The summed E-state index contributed by atoms with van der Waals surface area (Å²) in [5.74, 6) is 0.534. The molecule has 0 radical (unpaired) electrons. The third kappa shape index (κ3) is 4.25. The van der Waals surface area contributed by atoms with E-state index >= 15 is 0 Å². The maximum absolute atomic E-state index is 3.86. The molecule has 0 spiro atoms. The Hall–Kier alpha value is -1.51. The van der Waals surface area contributed by atoms with Crippen LogP contribution in [0.15, 0.2) is 66.1 Å². The smallest absolute Gasteiger partial charge is 0.00458 e. The van der Waals surface area contributed by atoms with E-state index in [0.717, 1.165) is 19.4 Å². The Bertz CT molecular complexity index is 640. The normalized spacial score (nSPS) is 13.3. The largest absolute Gasteiger partial charge is 0.320 e. The molecule has 1 atom stereocenters. The molecule has 2 aromatic carbocycles. The summed E-state index contributed by atoms with van der Waals surface area (Å²) in [5, 5.41) is 5.98. The fraction of sp³-hybridized carbons (Fsp3) is 0.300. The average Bonchev–Trinajstić information content (AvgIpc) is 2.57. The van der Waals surface area contributed by atoms with Gasteiger partial charge in [0.1, 0.15) is 0 Å². The van der Waals surface area contributed by atoms with Gasteiger partial charge in [-0.1, -0.05) is 61.2 Å². The number of thioether (sulfide) groups is 1. The van der Waals surface area contributed by atoms with E-state index in [2.05, 4.69) is 66.7 Å². The first-order valence-electron chi connectivity index (χ1n) is 7.78. The molecule has 0 aromatic heterocycles. The number of hydrogen-bond donors (Lipinski definition) is 1. The van der Waals surface area contributed by atoms with Crippen LogP contribution in [0.1, 0.15) is 12.0 Å². The van der Waals surface area contributed by atoms with Crippen LogP contribution in [0.5, 0.6) is 0 Å². The van der Waals surface area contributed by atoms with Gasteiger partial charge in [-0.3, -0.25) is 0 Å². The molecule has 0 bridgehead atoms. The van der Waals surface area contributed by atoms with Crippen molar-refractivity contribution in [3.05, 3.63) is 71.7 Å². The Morgan fingerprint density at radius 3 is 2.73 bits per heavy atom. The van der Waals surface area contributed by atoms with E-state index in [9.17, 15) is 0 Å². The van der Waals surface area contributed by atoms with Crippen LogP contribution >= 0.6 is 11.8 Å². The second-order valence-corrected chi connectivity index (χ2v) is 6.32. The summed E-state index contributed by atoms with van der Waals surface area (Å²) in [6, 6.07) is 15.3.